The summed E-state index contributed by atoms with van der Waals surface area (Å²) in [4.78, 5) is 0. The molecule has 2 rings (SSSR count). The Labute approximate surface area is 131 Å². The van der Waals surface area contributed by atoms with Gasteiger partial charge in [-0.2, -0.15) is 0 Å². The lowest BCUT2D eigenvalue weighted by Gasteiger charge is -2.25. The number of aromatic nitrogens is 3. The quantitative estimate of drug-likeness (QED) is 0.797. The van der Waals surface area contributed by atoms with Crippen LogP contribution < -0.4 is 5.32 Å². The summed E-state index contributed by atoms with van der Waals surface area (Å²) in [6.45, 7) is 7.57. The second-order valence-electron chi connectivity index (χ2n) is 5.39. The van der Waals surface area contributed by atoms with E-state index in [0.717, 1.165) is 18.1 Å². The second-order valence-corrected chi connectivity index (χ2v) is 6.73. The van der Waals surface area contributed by atoms with Gasteiger partial charge in [0.05, 0.1) is 0 Å². The molecule has 1 heterocycles. The molecule has 21 heavy (non-hydrogen) atoms. The molecule has 0 aliphatic carbocycles. The lowest BCUT2D eigenvalue weighted by atomic mass is 10.0. The summed E-state index contributed by atoms with van der Waals surface area (Å²) in [6.07, 6.45) is 2.87. The summed E-state index contributed by atoms with van der Waals surface area (Å²) in [5, 5.41) is 13.1. The van der Waals surface area contributed by atoms with Crippen molar-refractivity contribution in [2.45, 2.75) is 43.6 Å². The Balaban J connectivity index is 2.14. The molecule has 0 saturated carbocycles. The highest BCUT2D eigenvalue weighted by molar-refractivity contribution is 7.99. The monoisotopic (exact) mass is 304 g/mol. The number of rotatable bonds is 7. The fraction of sp³-hybridized carbons (Fsp3) is 0.500. The predicted octanol–water partition coefficient (Wildman–Crippen LogP) is 3.35. The van der Waals surface area contributed by atoms with E-state index in [0.29, 0.717) is 11.3 Å². The van der Waals surface area contributed by atoms with Gasteiger partial charge in [0, 0.05) is 18.3 Å². The van der Waals surface area contributed by atoms with E-state index in [4.69, 9.17) is 0 Å². The van der Waals surface area contributed by atoms with Gasteiger partial charge in [-0.1, -0.05) is 55.4 Å². The Kier molecular flexibility index (Phi) is 5.82. The van der Waals surface area contributed by atoms with Crippen LogP contribution in [0.2, 0.25) is 0 Å². The van der Waals surface area contributed by atoms with Gasteiger partial charge in [-0.05, 0) is 25.5 Å². The minimum Gasteiger partial charge on any atom is -0.312 e. The number of aryl methyl sites for hydroxylation is 2. The molecule has 2 unspecified atom stereocenters. The van der Waals surface area contributed by atoms with Crippen molar-refractivity contribution in [3.63, 3.8) is 0 Å². The van der Waals surface area contributed by atoms with Crippen LogP contribution in [0.5, 0.6) is 0 Å². The first-order valence-corrected chi connectivity index (χ1v) is 8.30. The SMILES string of the molecule is CCCNC(c1ccc(C)cc1)C(C)Sc1nncn1C. The highest BCUT2D eigenvalue weighted by Gasteiger charge is 2.21. The lowest BCUT2D eigenvalue weighted by molar-refractivity contribution is 0.526. The maximum atomic E-state index is 4.17. The Morgan fingerprint density at radius 3 is 2.57 bits per heavy atom. The standard InChI is InChI=1S/C16H24N4S/c1-5-10-17-15(14-8-6-12(2)7-9-14)13(3)21-16-19-18-11-20(16)4/h6-9,11,13,15,17H,5,10H2,1-4H3. The smallest absolute Gasteiger partial charge is 0.191 e. The molecule has 0 amide bonds. The van der Waals surface area contributed by atoms with Gasteiger partial charge in [0.1, 0.15) is 6.33 Å². The number of thioether (sulfide) groups is 1. The van der Waals surface area contributed by atoms with E-state index in [1.165, 1.54) is 11.1 Å². The van der Waals surface area contributed by atoms with Gasteiger partial charge in [-0.25, -0.2) is 0 Å². The Hall–Kier alpha value is -1.33. The van der Waals surface area contributed by atoms with Crippen molar-refractivity contribution in [2.75, 3.05) is 6.54 Å². The molecule has 0 saturated heterocycles. The van der Waals surface area contributed by atoms with E-state index in [2.05, 4.69) is 60.6 Å². The third kappa shape index (κ3) is 4.32. The lowest BCUT2D eigenvalue weighted by Crippen LogP contribution is -2.29. The van der Waals surface area contributed by atoms with E-state index in [9.17, 15) is 0 Å². The molecule has 2 atom stereocenters. The zero-order chi connectivity index (χ0) is 15.2. The van der Waals surface area contributed by atoms with Gasteiger partial charge in [0.2, 0.25) is 0 Å². The maximum Gasteiger partial charge on any atom is 0.191 e. The summed E-state index contributed by atoms with van der Waals surface area (Å²) in [5.41, 5.74) is 2.62. The molecule has 0 spiro atoms. The first kappa shape index (κ1) is 16.0. The van der Waals surface area contributed by atoms with Crippen molar-refractivity contribution in [1.29, 1.82) is 0 Å². The molecule has 4 nitrogen and oxygen atoms in total. The second kappa shape index (κ2) is 7.61. The van der Waals surface area contributed by atoms with E-state index in [1.54, 1.807) is 18.1 Å². The van der Waals surface area contributed by atoms with Crippen molar-refractivity contribution < 1.29 is 0 Å². The number of nitrogens with one attached hydrogen (secondary N) is 1. The number of hydrogen-bond acceptors (Lipinski definition) is 4. The van der Waals surface area contributed by atoms with Crippen LogP contribution in [0.3, 0.4) is 0 Å². The van der Waals surface area contributed by atoms with E-state index in [-0.39, 0.29) is 0 Å². The summed E-state index contributed by atoms with van der Waals surface area (Å²) in [7, 11) is 1.98. The third-order valence-electron chi connectivity index (χ3n) is 3.48. The summed E-state index contributed by atoms with van der Waals surface area (Å²) >= 11 is 1.76. The van der Waals surface area contributed by atoms with Crippen molar-refractivity contribution in [1.82, 2.24) is 20.1 Å². The highest BCUT2D eigenvalue weighted by Crippen LogP contribution is 2.30. The molecule has 0 radical (unpaired) electrons. The van der Waals surface area contributed by atoms with Gasteiger partial charge < -0.3 is 9.88 Å². The van der Waals surface area contributed by atoms with Crippen LogP contribution in [-0.2, 0) is 7.05 Å². The predicted molar refractivity (Wildman–Crippen MR) is 88.5 cm³/mol. The largest absolute Gasteiger partial charge is 0.312 e. The molecule has 0 bridgehead atoms. The average molecular weight is 304 g/mol. The van der Waals surface area contributed by atoms with Crippen molar-refractivity contribution >= 4 is 11.8 Å². The fourth-order valence-corrected chi connectivity index (χ4v) is 3.27. The first-order valence-electron chi connectivity index (χ1n) is 7.42. The van der Waals surface area contributed by atoms with Gasteiger partial charge in [0.25, 0.3) is 0 Å². The minimum absolute atomic E-state index is 0.312. The number of benzene rings is 1. The normalized spacial score (nSPS) is 14.1. The number of hydrogen-bond donors (Lipinski definition) is 1. The molecule has 2 aromatic rings. The molecule has 5 heteroatoms. The van der Waals surface area contributed by atoms with Crippen LogP contribution in [0, 0.1) is 6.92 Å². The van der Waals surface area contributed by atoms with Crippen LogP contribution >= 0.6 is 11.8 Å². The molecular weight excluding hydrogens is 280 g/mol. The average Bonchev–Trinajstić information content (AvgIpc) is 2.86. The molecule has 0 fully saturated rings. The molecule has 0 aliphatic heterocycles. The zero-order valence-electron chi connectivity index (χ0n) is 13.2. The molecule has 1 aromatic carbocycles. The van der Waals surface area contributed by atoms with Crippen molar-refractivity contribution in [2.24, 2.45) is 7.05 Å². The third-order valence-corrected chi connectivity index (χ3v) is 4.71. The van der Waals surface area contributed by atoms with Crippen LogP contribution in [0.4, 0.5) is 0 Å². The maximum absolute atomic E-state index is 4.17. The zero-order valence-corrected chi connectivity index (χ0v) is 14.0. The minimum atomic E-state index is 0.312. The van der Waals surface area contributed by atoms with Crippen LogP contribution in [0.1, 0.15) is 37.4 Å². The topological polar surface area (TPSA) is 42.7 Å². The van der Waals surface area contributed by atoms with Gasteiger partial charge in [0.15, 0.2) is 5.16 Å². The van der Waals surface area contributed by atoms with Crippen LogP contribution in [-0.4, -0.2) is 26.6 Å². The molecular formula is C16H24N4S. The fourth-order valence-electron chi connectivity index (χ4n) is 2.24. The van der Waals surface area contributed by atoms with Crippen molar-refractivity contribution in [3.8, 4) is 0 Å². The van der Waals surface area contributed by atoms with Crippen LogP contribution in [0.15, 0.2) is 35.7 Å². The Morgan fingerprint density at radius 2 is 2.00 bits per heavy atom. The summed E-state index contributed by atoms with van der Waals surface area (Å²) < 4.78 is 1.97. The summed E-state index contributed by atoms with van der Waals surface area (Å²) in [6, 6.07) is 9.10. The van der Waals surface area contributed by atoms with Gasteiger partial charge in [-0.3, -0.25) is 0 Å². The number of nitrogens with zero attached hydrogens (tertiary/aromatic N) is 3. The van der Waals surface area contributed by atoms with Crippen molar-refractivity contribution in [3.05, 3.63) is 41.7 Å². The molecule has 1 aromatic heterocycles. The van der Waals surface area contributed by atoms with Gasteiger partial charge in [-0.15, -0.1) is 10.2 Å². The van der Waals surface area contributed by atoms with E-state index < -0.39 is 0 Å². The highest BCUT2D eigenvalue weighted by atomic mass is 32.2. The van der Waals surface area contributed by atoms with E-state index in [1.807, 2.05) is 11.6 Å². The van der Waals surface area contributed by atoms with Crippen LogP contribution in [0.25, 0.3) is 0 Å². The molecule has 1 N–H and O–H groups in total. The molecule has 0 aliphatic rings. The summed E-state index contributed by atoms with van der Waals surface area (Å²) in [5.74, 6) is 0. The molecule has 114 valence electrons. The van der Waals surface area contributed by atoms with E-state index >= 15 is 0 Å². The Bertz CT molecular complexity index is 550. The first-order chi connectivity index (χ1) is 10.1. The van der Waals surface area contributed by atoms with Gasteiger partial charge >= 0.3 is 0 Å². The Morgan fingerprint density at radius 1 is 1.29 bits per heavy atom.